The summed E-state index contributed by atoms with van der Waals surface area (Å²) in [7, 11) is 0. The molecule has 0 aromatic carbocycles. The van der Waals surface area contributed by atoms with E-state index in [0.29, 0.717) is 13.1 Å². The fraction of sp³-hybridized carbons (Fsp3) is 0.591. The number of pyridine rings is 2. The van der Waals surface area contributed by atoms with Crippen LogP contribution in [0.4, 0.5) is 4.79 Å². The highest BCUT2D eigenvalue weighted by atomic mass is 16.4. The smallest absolute Gasteiger partial charge is 0.407 e. The molecule has 8 nitrogen and oxygen atoms in total. The molecule has 4 heterocycles. The second-order valence-corrected chi connectivity index (χ2v) is 9.56. The van der Waals surface area contributed by atoms with Crippen LogP contribution in [0.25, 0.3) is 11.0 Å². The largest absolute Gasteiger partial charge is 0.465 e. The third-order valence-corrected chi connectivity index (χ3v) is 6.46. The highest BCUT2D eigenvalue weighted by molar-refractivity contribution is 5.80. The van der Waals surface area contributed by atoms with Crippen molar-refractivity contribution in [3.8, 4) is 0 Å². The molecular weight excluding hydrogens is 384 g/mol. The predicted molar refractivity (Wildman–Crippen MR) is 115 cm³/mol. The maximum absolute atomic E-state index is 12.7. The minimum absolute atomic E-state index is 0.00375. The molecule has 0 unspecified atom stereocenters. The minimum atomic E-state index is -0.875. The molecular formula is C22H30N4O4. The maximum atomic E-state index is 12.7. The first-order chi connectivity index (χ1) is 14.1. The highest BCUT2D eigenvalue weighted by Gasteiger charge is 2.36. The molecule has 1 N–H and O–H groups in total. The van der Waals surface area contributed by atoms with E-state index in [-0.39, 0.29) is 23.2 Å². The van der Waals surface area contributed by atoms with Crippen LogP contribution in [0.1, 0.15) is 45.2 Å². The normalized spacial score (nSPS) is 20.1. The average Bonchev–Trinajstić information content (AvgIpc) is 3.02. The summed E-state index contributed by atoms with van der Waals surface area (Å²) < 4.78 is 3.49. The quantitative estimate of drug-likeness (QED) is 0.833. The lowest BCUT2D eigenvalue weighted by Crippen LogP contribution is -2.55. The SMILES string of the molecule is Cc1cc(=O)n2c3c1ccc(=O)n3[C@H](CN1CCC(N(C(=O)O)C(C)(C)C)CC1)C2. The monoisotopic (exact) mass is 414 g/mol. The molecule has 4 rings (SSSR count). The molecule has 0 bridgehead atoms. The third-order valence-electron chi connectivity index (χ3n) is 6.46. The van der Waals surface area contributed by atoms with E-state index in [0.717, 1.165) is 42.5 Å². The molecule has 162 valence electrons. The summed E-state index contributed by atoms with van der Waals surface area (Å²) in [4.78, 5) is 40.8. The minimum Gasteiger partial charge on any atom is -0.465 e. The number of carboxylic acid groups (broad SMARTS) is 1. The summed E-state index contributed by atoms with van der Waals surface area (Å²) in [6.45, 7) is 10.4. The van der Waals surface area contributed by atoms with Crippen molar-refractivity contribution in [1.82, 2.24) is 18.9 Å². The van der Waals surface area contributed by atoms with E-state index in [1.807, 2.05) is 27.7 Å². The van der Waals surface area contributed by atoms with Gasteiger partial charge in [0.15, 0.2) is 0 Å². The van der Waals surface area contributed by atoms with Crippen molar-refractivity contribution in [2.75, 3.05) is 19.6 Å². The van der Waals surface area contributed by atoms with Crippen LogP contribution >= 0.6 is 0 Å². The number of nitrogens with zero attached hydrogens (tertiary/aromatic N) is 4. The molecule has 0 radical (unpaired) electrons. The molecule has 30 heavy (non-hydrogen) atoms. The van der Waals surface area contributed by atoms with Gasteiger partial charge < -0.3 is 14.9 Å². The lowest BCUT2D eigenvalue weighted by atomic mass is 9.96. The Bertz CT molecular complexity index is 1100. The van der Waals surface area contributed by atoms with Crippen molar-refractivity contribution in [3.63, 3.8) is 0 Å². The summed E-state index contributed by atoms with van der Waals surface area (Å²) in [5, 5.41) is 10.6. The summed E-state index contributed by atoms with van der Waals surface area (Å²) in [6.07, 6.45) is 0.656. The van der Waals surface area contributed by atoms with Crippen molar-refractivity contribution in [1.29, 1.82) is 0 Å². The molecule has 0 aliphatic carbocycles. The van der Waals surface area contributed by atoms with Crippen LogP contribution < -0.4 is 11.1 Å². The van der Waals surface area contributed by atoms with Crippen LogP contribution in [0.15, 0.2) is 27.8 Å². The second kappa shape index (κ2) is 7.27. The van der Waals surface area contributed by atoms with Gasteiger partial charge in [0.05, 0.1) is 6.04 Å². The number of likely N-dealkylation sites (tertiary alicyclic amines) is 1. The Morgan fingerprint density at radius 2 is 1.83 bits per heavy atom. The highest BCUT2D eigenvalue weighted by Crippen LogP contribution is 2.28. The fourth-order valence-electron chi connectivity index (χ4n) is 5.18. The van der Waals surface area contributed by atoms with Gasteiger partial charge in [-0.3, -0.25) is 18.7 Å². The van der Waals surface area contributed by atoms with E-state index < -0.39 is 11.6 Å². The van der Waals surface area contributed by atoms with Crippen LogP contribution in [0.3, 0.4) is 0 Å². The fourth-order valence-corrected chi connectivity index (χ4v) is 5.18. The topological polar surface area (TPSA) is 87.8 Å². The van der Waals surface area contributed by atoms with Crippen molar-refractivity contribution < 1.29 is 9.90 Å². The van der Waals surface area contributed by atoms with Crippen molar-refractivity contribution in [2.45, 2.75) is 64.7 Å². The Morgan fingerprint density at radius 1 is 1.17 bits per heavy atom. The molecule has 2 aliphatic heterocycles. The van der Waals surface area contributed by atoms with Gasteiger partial charge in [0.2, 0.25) is 0 Å². The number of amides is 1. The molecule has 2 aromatic rings. The van der Waals surface area contributed by atoms with Gasteiger partial charge >= 0.3 is 6.09 Å². The van der Waals surface area contributed by atoms with Gasteiger partial charge in [-0.15, -0.1) is 0 Å². The van der Waals surface area contributed by atoms with Crippen LogP contribution in [-0.4, -0.2) is 61.3 Å². The van der Waals surface area contributed by atoms with Crippen molar-refractivity contribution in [3.05, 3.63) is 44.5 Å². The molecule has 1 amide bonds. The van der Waals surface area contributed by atoms with E-state index in [1.54, 1.807) is 32.2 Å². The van der Waals surface area contributed by atoms with Crippen LogP contribution in [-0.2, 0) is 6.54 Å². The summed E-state index contributed by atoms with van der Waals surface area (Å²) in [5.74, 6) is 0. The zero-order chi connectivity index (χ0) is 21.8. The van der Waals surface area contributed by atoms with Gasteiger partial charge in [-0.25, -0.2) is 4.79 Å². The summed E-state index contributed by atoms with van der Waals surface area (Å²) in [5.41, 5.74) is 1.02. The molecule has 8 heteroatoms. The molecule has 2 aromatic heterocycles. The van der Waals surface area contributed by atoms with Gasteiger partial charge in [-0.2, -0.15) is 0 Å². The molecule has 1 atom stereocenters. The number of aryl methyl sites for hydroxylation is 1. The Hall–Kier alpha value is -2.61. The van der Waals surface area contributed by atoms with E-state index in [4.69, 9.17) is 0 Å². The standard InChI is InChI=1S/C22H30N4O4/c1-14-11-19(28)24-13-16(25-18(27)6-5-17(14)20(24)25)12-23-9-7-15(8-10-23)26(21(29)30)22(2,3)4/h5-6,11,15-16H,7-10,12-13H2,1-4H3,(H,29,30)/t16-/m1/s1. The molecule has 1 saturated heterocycles. The first-order valence-electron chi connectivity index (χ1n) is 10.6. The number of carbonyl (C=O) groups is 1. The van der Waals surface area contributed by atoms with E-state index in [9.17, 15) is 19.5 Å². The van der Waals surface area contributed by atoms with Crippen LogP contribution in [0.5, 0.6) is 0 Å². The van der Waals surface area contributed by atoms with Crippen LogP contribution in [0, 0.1) is 6.92 Å². The van der Waals surface area contributed by atoms with Gasteiger partial charge in [-0.1, -0.05) is 0 Å². The Morgan fingerprint density at radius 3 is 2.43 bits per heavy atom. The van der Waals surface area contributed by atoms with Crippen LogP contribution in [0.2, 0.25) is 0 Å². The first kappa shape index (κ1) is 20.7. The summed E-state index contributed by atoms with van der Waals surface area (Å²) >= 11 is 0. The van der Waals surface area contributed by atoms with E-state index in [2.05, 4.69) is 4.90 Å². The van der Waals surface area contributed by atoms with Gasteiger partial charge in [-0.05, 0) is 52.2 Å². The Kier molecular flexibility index (Phi) is 5.00. The zero-order valence-electron chi connectivity index (χ0n) is 18.1. The third kappa shape index (κ3) is 3.43. The van der Waals surface area contributed by atoms with E-state index >= 15 is 0 Å². The van der Waals surface area contributed by atoms with Gasteiger partial charge in [0.25, 0.3) is 11.1 Å². The lowest BCUT2D eigenvalue weighted by Gasteiger charge is -2.43. The maximum Gasteiger partial charge on any atom is 0.407 e. The Balaban J connectivity index is 1.53. The molecule has 1 fully saturated rings. The van der Waals surface area contributed by atoms with Gasteiger partial charge in [0, 0.05) is 55.3 Å². The number of hydrogen-bond donors (Lipinski definition) is 1. The van der Waals surface area contributed by atoms with Crippen molar-refractivity contribution in [2.24, 2.45) is 0 Å². The number of aromatic nitrogens is 2. The number of piperidine rings is 1. The zero-order valence-corrected chi connectivity index (χ0v) is 18.1. The van der Waals surface area contributed by atoms with Crippen molar-refractivity contribution >= 4 is 17.1 Å². The summed E-state index contributed by atoms with van der Waals surface area (Å²) in [6, 6.07) is 4.93. The molecule has 0 spiro atoms. The second-order valence-electron chi connectivity index (χ2n) is 9.56. The van der Waals surface area contributed by atoms with Gasteiger partial charge in [0.1, 0.15) is 5.65 Å². The Labute approximate surface area is 175 Å². The average molecular weight is 415 g/mol. The number of rotatable bonds is 3. The molecule has 0 saturated carbocycles. The lowest BCUT2D eigenvalue weighted by molar-refractivity contribution is 0.0397. The molecule has 2 aliphatic rings. The van der Waals surface area contributed by atoms with E-state index in [1.165, 1.54) is 0 Å². The first-order valence-corrected chi connectivity index (χ1v) is 10.6. The predicted octanol–water partition coefficient (Wildman–Crippen LogP) is 2.27. The number of hydrogen-bond acceptors (Lipinski definition) is 4.